The summed E-state index contributed by atoms with van der Waals surface area (Å²) in [6.07, 6.45) is 5.26. The number of anilines is 2. The zero-order valence-electron chi connectivity index (χ0n) is 34.3. The number of carbonyl (C=O) groups excluding carboxylic acids is 2. The highest BCUT2D eigenvalue weighted by Crippen LogP contribution is 2.27. The molecule has 4 aromatic rings. The van der Waals surface area contributed by atoms with Crippen LogP contribution in [0.2, 0.25) is 0 Å². The van der Waals surface area contributed by atoms with Crippen LogP contribution in [-0.2, 0) is 29.0 Å². The number of nitrogens with zero attached hydrogens (tertiary/aromatic N) is 6. The molecule has 0 amide bonds. The van der Waals surface area contributed by atoms with E-state index in [1.807, 2.05) is 45.9 Å². The monoisotopic (exact) mass is 778 g/mol. The Hall–Kier alpha value is -5.33. The SMILES string of the molecule is CC(C)OC(=O)c1cccnc1N1CCN(Cc2ccc(C(=O)O)cc2)CC1.CCc1ccc(CN(CC)[C@H]2CCN(c3ncccc3C(=O)OC(C)C)C2)cc1. The summed E-state index contributed by atoms with van der Waals surface area (Å²) in [5.74, 6) is -0.154. The van der Waals surface area contributed by atoms with Gasteiger partial charge < -0.3 is 24.4 Å². The molecule has 12 heteroatoms. The first-order chi connectivity index (χ1) is 27.4. The van der Waals surface area contributed by atoms with Crippen molar-refractivity contribution in [2.24, 2.45) is 0 Å². The zero-order valence-corrected chi connectivity index (χ0v) is 34.3. The summed E-state index contributed by atoms with van der Waals surface area (Å²) in [6.45, 7) is 19.4. The quantitative estimate of drug-likeness (QED) is 0.133. The van der Waals surface area contributed by atoms with Gasteiger partial charge in [0.05, 0.1) is 17.8 Å². The number of rotatable bonds is 14. The number of likely N-dealkylation sites (N-methyl/N-ethyl adjacent to an activating group) is 1. The molecule has 0 aliphatic carbocycles. The van der Waals surface area contributed by atoms with Crippen molar-refractivity contribution in [3.63, 3.8) is 0 Å². The lowest BCUT2D eigenvalue weighted by molar-refractivity contribution is 0.0367. The number of benzene rings is 2. The third-order valence-corrected chi connectivity index (χ3v) is 10.2. The number of esters is 2. The van der Waals surface area contributed by atoms with Crippen LogP contribution in [0.1, 0.15) is 95.7 Å². The van der Waals surface area contributed by atoms with Crippen LogP contribution in [0.5, 0.6) is 0 Å². The Morgan fingerprint density at radius 1 is 0.719 bits per heavy atom. The van der Waals surface area contributed by atoms with Crippen molar-refractivity contribution >= 4 is 29.5 Å². The predicted molar refractivity (Wildman–Crippen MR) is 223 cm³/mol. The second-order valence-corrected chi connectivity index (χ2v) is 15.0. The van der Waals surface area contributed by atoms with Crippen molar-refractivity contribution in [2.75, 3.05) is 55.6 Å². The molecular formula is C45H58N6O6. The number of carbonyl (C=O) groups is 3. The number of carboxylic acids is 1. The van der Waals surface area contributed by atoms with Gasteiger partial charge in [0.1, 0.15) is 22.8 Å². The van der Waals surface area contributed by atoms with Crippen molar-refractivity contribution in [2.45, 2.75) is 85.7 Å². The minimum atomic E-state index is -0.915. The van der Waals surface area contributed by atoms with Gasteiger partial charge in [-0.2, -0.15) is 0 Å². The van der Waals surface area contributed by atoms with E-state index >= 15 is 0 Å². The van der Waals surface area contributed by atoms with Gasteiger partial charge in [-0.3, -0.25) is 9.80 Å². The minimum Gasteiger partial charge on any atom is -0.478 e. The molecule has 2 aromatic carbocycles. The maximum Gasteiger partial charge on any atom is 0.342 e. The third-order valence-electron chi connectivity index (χ3n) is 10.2. The van der Waals surface area contributed by atoms with E-state index in [9.17, 15) is 14.4 Å². The molecule has 1 N–H and O–H groups in total. The number of aryl methyl sites for hydroxylation is 1. The summed E-state index contributed by atoms with van der Waals surface area (Å²) in [5.41, 5.74) is 5.15. The number of hydrogen-bond donors (Lipinski definition) is 1. The molecule has 2 aliphatic heterocycles. The van der Waals surface area contributed by atoms with Crippen molar-refractivity contribution in [1.29, 1.82) is 0 Å². The maximum absolute atomic E-state index is 12.5. The molecule has 0 saturated carbocycles. The van der Waals surface area contributed by atoms with Gasteiger partial charge in [-0.1, -0.05) is 50.2 Å². The molecule has 0 spiro atoms. The van der Waals surface area contributed by atoms with Gasteiger partial charge in [-0.25, -0.2) is 24.4 Å². The van der Waals surface area contributed by atoms with Crippen molar-refractivity contribution < 1.29 is 29.0 Å². The van der Waals surface area contributed by atoms with Crippen LogP contribution in [0.25, 0.3) is 0 Å². The summed E-state index contributed by atoms with van der Waals surface area (Å²) < 4.78 is 10.8. The van der Waals surface area contributed by atoms with E-state index in [0.29, 0.717) is 28.6 Å². The first-order valence-electron chi connectivity index (χ1n) is 20.1. The van der Waals surface area contributed by atoms with Crippen LogP contribution in [0.15, 0.2) is 85.2 Å². The van der Waals surface area contributed by atoms with E-state index in [1.165, 1.54) is 11.1 Å². The van der Waals surface area contributed by atoms with Crippen molar-refractivity contribution in [1.82, 2.24) is 19.8 Å². The summed E-state index contributed by atoms with van der Waals surface area (Å²) in [7, 11) is 0. The molecule has 2 saturated heterocycles. The number of aromatic carboxylic acids is 1. The molecule has 0 radical (unpaired) electrons. The highest BCUT2D eigenvalue weighted by Gasteiger charge is 2.30. The molecule has 4 heterocycles. The van der Waals surface area contributed by atoms with Crippen LogP contribution in [-0.4, -0.2) is 107 Å². The van der Waals surface area contributed by atoms with E-state index in [1.54, 1.807) is 42.7 Å². The largest absolute Gasteiger partial charge is 0.478 e. The topological polar surface area (TPSA) is 129 Å². The van der Waals surface area contributed by atoms with E-state index < -0.39 is 5.97 Å². The number of carboxylic acid groups (broad SMARTS) is 1. The van der Waals surface area contributed by atoms with Gasteiger partial charge in [0, 0.05) is 70.8 Å². The van der Waals surface area contributed by atoms with Gasteiger partial charge in [-0.15, -0.1) is 0 Å². The summed E-state index contributed by atoms with van der Waals surface area (Å²) in [4.78, 5) is 53.9. The Kier molecular flexibility index (Phi) is 15.6. The average molecular weight is 779 g/mol. The number of aromatic nitrogens is 2. The Bertz CT molecular complexity index is 1910. The molecule has 2 fully saturated rings. The van der Waals surface area contributed by atoms with Gasteiger partial charge in [0.15, 0.2) is 0 Å². The number of piperazine rings is 1. The lowest BCUT2D eigenvalue weighted by Crippen LogP contribution is -2.46. The van der Waals surface area contributed by atoms with Crippen LogP contribution in [0.4, 0.5) is 11.6 Å². The van der Waals surface area contributed by atoms with Gasteiger partial charge in [0.2, 0.25) is 0 Å². The third kappa shape index (κ3) is 12.1. The Labute approximate surface area is 337 Å². The first-order valence-corrected chi connectivity index (χ1v) is 20.1. The van der Waals surface area contributed by atoms with Crippen LogP contribution in [0.3, 0.4) is 0 Å². The molecule has 57 heavy (non-hydrogen) atoms. The number of ether oxygens (including phenoxy) is 2. The Morgan fingerprint density at radius 2 is 1.25 bits per heavy atom. The fraction of sp³-hybridized carbons (Fsp3) is 0.444. The number of pyridine rings is 2. The normalized spacial score (nSPS) is 15.8. The van der Waals surface area contributed by atoms with E-state index in [4.69, 9.17) is 14.6 Å². The smallest absolute Gasteiger partial charge is 0.342 e. The molecule has 2 aromatic heterocycles. The van der Waals surface area contributed by atoms with Crippen molar-refractivity contribution in [3.05, 3.63) is 119 Å². The second kappa shape index (κ2) is 20.7. The lowest BCUT2D eigenvalue weighted by atomic mass is 10.1. The van der Waals surface area contributed by atoms with Gasteiger partial charge in [0.25, 0.3) is 0 Å². The lowest BCUT2D eigenvalue weighted by Gasteiger charge is -2.36. The van der Waals surface area contributed by atoms with E-state index in [-0.39, 0.29) is 24.1 Å². The first kappa shape index (κ1) is 42.8. The van der Waals surface area contributed by atoms with Crippen LogP contribution < -0.4 is 9.80 Å². The summed E-state index contributed by atoms with van der Waals surface area (Å²) >= 11 is 0. The summed E-state index contributed by atoms with van der Waals surface area (Å²) in [5, 5.41) is 8.99. The van der Waals surface area contributed by atoms with Gasteiger partial charge in [-0.05, 0) is 100 Å². The highest BCUT2D eigenvalue weighted by molar-refractivity contribution is 5.95. The molecule has 12 nitrogen and oxygen atoms in total. The molecular weight excluding hydrogens is 721 g/mol. The Morgan fingerprint density at radius 3 is 1.75 bits per heavy atom. The molecule has 6 rings (SSSR count). The van der Waals surface area contributed by atoms with Crippen molar-refractivity contribution in [3.8, 4) is 0 Å². The minimum absolute atomic E-state index is 0.142. The fourth-order valence-corrected chi connectivity index (χ4v) is 7.15. The zero-order chi connectivity index (χ0) is 40.9. The average Bonchev–Trinajstić information content (AvgIpc) is 3.70. The predicted octanol–water partition coefficient (Wildman–Crippen LogP) is 6.98. The van der Waals surface area contributed by atoms with Crippen LogP contribution in [0, 0.1) is 0 Å². The molecule has 0 bridgehead atoms. The highest BCUT2D eigenvalue weighted by atomic mass is 16.5. The molecule has 1 atom stereocenters. The second-order valence-electron chi connectivity index (χ2n) is 15.0. The van der Waals surface area contributed by atoms with Gasteiger partial charge >= 0.3 is 17.9 Å². The van der Waals surface area contributed by atoms with Crippen LogP contribution >= 0.6 is 0 Å². The number of hydrogen-bond acceptors (Lipinski definition) is 11. The molecule has 2 aliphatic rings. The summed E-state index contributed by atoms with van der Waals surface area (Å²) in [6, 6.07) is 23.5. The van der Waals surface area contributed by atoms with E-state index in [0.717, 1.165) is 83.1 Å². The molecule has 0 unspecified atom stereocenters. The van der Waals surface area contributed by atoms with E-state index in [2.05, 4.69) is 67.7 Å². The fourth-order valence-electron chi connectivity index (χ4n) is 7.15. The standard InChI is InChI=1S/C24H33N3O2.C21H25N3O4/c1-5-19-9-11-20(12-10-19)16-26(6-2)21-13-15-27(17-21)23-22(8-7-14-25-23)24(28)29-18(3)4;1-15(2)28-21(27)18-4-3-9-22-19(18)24-12-10-23(11-13-24)14-16-5-7-17(8-6-16)20(25)26/h7-12,14,18,21H,5-6,13,15-17H2,1-4H3;3-9,15H,10-14H2,1-2H3,(H,25,26)/t21-;/m0./s1. The molecule has 304 valence electrons. The maximum atomic E-state index is 12.5. The Balaban J connectivity index is 0.000000218.